The molecule has 1 aliphatic rings. The number of anilines is 1. The summed E-state index contributed by atoms with van der Waals surface area (Å²) in [6, 6.07) is 14.6. The van der Waals surface area contributed by atoms with Gasteiger partial charge >= 0.3 is 0 Å². The Morgan fingerprint density at radius 1 is 1.00 bits per heavy atom. The molecule has 0 aliphatic carbocycles. The number of likely N-dealkylation sites (tertiary alicyclic amines) is 1. The van der Waals surface area contributed by atoms with Crippen LogP contribution < -0.4 is 10.1 Å². The molecule has 1 saturated heterocycles. The highest BCUT2D eigenvalue weighted by Crippen LogP contribution is 2.24. The molecule has 2 aromatic carbocycles. The lowest BCUT2D eigenvalue weighted by molar-refractivity contribution is -0.136. The molecule has 0 aromatic heterocycles. The van der Waals surface area contributed by atoms with Crippen molar-refractivity contribution >= 4 is 17.5 Å². The lowest BCUT2D eigenvalue weighted by atomic mass is 10.2. The molecule has 23 heavy (non-hydrogen) atoms. The minimum Gasteiger partial charge on any atom is -0.457 e. The highest BCUT2D eigenvalue weighted by Gasteiger charge is 2.35. The largest absolute Gasteiger partial charge is 0.457 e. The monoisotopic (exact) mass is 310 g/mol. The Kier molecular flexibility index (Phi) is 4.02. The van der Waals surface area contributed by atoms with Crippen molar-refractivity contribution in [2.75, 3.05) is 12.4 Å². The summed E-state index contributed by atoms with van der Waals surface area (Å²) >= 11 is 0. The molecule has 1 atom stereocenters. The zero-order valence-electron chi connectivity index (χ0n) is 13.1. The lowest BCUT2D eigenvalue weighted by Gasteiger charge is -2.13. The van der Waals surface area contributed by atoms with Gasteiger partial charge in [-0.15, -0.1) is 0 Å². The van der Waals surface area contributed by atoms with Crippen molar-refractivity contribution in [3.63, 3.8) is 0 Å². The van der Waals surface area contributed by atoms with Crippen LogP contribution in [0.2, 0.25) is 0 Å². The number of nitrogens with zero attached hydrogens (tertiary/aromatic N) is 1. The molecule has 5 nitrogen and oxygen atoms in total. The summed E-state index contributed by atoms with van der Waals surface area (Å²) in [4.78, 5) is 24.5. The van der Waals surface area contributed by atoms with Crippen molar-refractivity contribution < 1.29 is 14.3 Å². The Bertz CT molecular complexity index is 723. The molecule has 118 valence electrons. The maximum absolute atomic E-state index is 11.9. The molecule has 3 rings (SSSR count). The van der Waals surface area contributed by atoms with Crippen molar-refractivity contribution in [1.29, 1.82) is 0 Å². The number of rotatable bonds is 4. The highest BCUT2D eigenvalue weighted by atomic mass is 16.5. The van der Waals surface area contributed by atoms with Gasteiger partial charge in [0.25, 0.3) is 5.91 Å². The van der Waals surface area contributed by atoms with E-state index in [4.69, 9.17) is 4.74 Å². The van der Waals surface area contributed by atoms with Gasteiger partial charge in [-0.05, 0) is 43.3 Å². The summed E-state index contributed by atoms with van der Waals surface area (Å²) in [6.07, 6.45) is 0.191. The van der Waals surface area contributed by atoms with Crippen LogP contribution in [0.4, 0.5) is 5.69 Å². The first-order valence-electron chi connectivity index (χ1n) is 7.44. The SMILES string of the molecule is Cc1ccc(Oc2ccc(N[C@@H]3CC(=O)N(C)C3=O)cc2)cc1. The van der Waals surface area contributed by atoms with Gasteiger partial charge in [0.05, 0.1) is 6.42 Å². The number of carbonyl (C=O) groups is 2. The summed E-state index contributed by atoms with van der Waals surface area (Å²) < 4.78 is 5.76. The Morgan fingerprint density at radius 2 is 1.57 bits per heavy atom. The van der Waals surface area contributed by atoms with E-state index in [2.05, 4.69) is 5.32 Å². The van der Waals surface area contributed by atoms with E-state index in [1.807, 2.05) is 55.5 Å². The second kappa shape index (κ2) is 6.12. The predicted molar refractivity (Wildman–Crippen MR) is 87.5 cm³/mol. The maximum Gasteiger partial charge on any atom is 0.251 e. The minimum atomic E-state index is -0.489. The molecule has 0 spiro atoms. The van der Waals surface area contributed by atoms with Gasteiger partial charge in [-0.25, -0.2) is 0 Å². The highest BCUT2D eigenvalue weighted by molar-refractivity contribution is 6.06. The van der Waals surface area contributed by atoms with Crippen molar-refractivity contribution in [2.24, 2.45) is 0 Å². The van der Waals surface area contributed by atoms with Crippen LogP contribution >= 0.6 is 0 Å². The Balaban J connectivity index is 1.64. The molecule has 0 unspecified atom stereocenters. The smallest absolute Gasteiger partial charge is 0.251 e. The number of imide groups is 1. The molecule has 0 bridgehead atoms. The molecular formula is C18H18N2O3. The van der Waals surface area contributed by atoms with Gasteiger partial charge in [-0.2, -0.15) is 0 Å². The van der Waals surface area contributed by atoms with Crippen molar-refractivity contribution in [3.8, 4) is 11.5 Å². The fourth-order valence-corrected chi connectivity index (χ4v) is 2.43. The second-order valence-corrected chi connectivity index (χ2v) is 5.63. The molecular weight excluding hydrogens is 292 g/mol. The van der Waals surface area contributed by atoms with Crippen LogP contribution in [0, 0.1) is 6.92 Å². The van der Waals surface area contributed by atoms with Crippen molar-refractivity contribution in [3.05, 3.63) is 54.1 Å². The van der Waals surface area contributed by atoms with Crippen LogP contribution in [0.15, 0.2) is 48.5 Å². The maximum atomic E-state index is 11.9. The third kappa shape index (κ3) is 3.34. The third-order valence-corrected chi connectivity index (χ3v) is 3.83. The number of hydrogen-bond donors (Lipinski definition) is 1. The van der Waals surface area contributed by atoms with Gasteiger partial charge in [0.2, 0.25) is 5.91 Å². The normalized spacial score (nSPS) is 17.5. The number of amides is 2. The fourth-order valence-electron chi connectivity index (χ4n) is 2.43. The lowest BCUT2D eigenvalue weighted by Crippen LogP contribution is -2.31. The number of ether oxygens (including phenoxy) is 1. The Labute approximate surface area is 134 Å². The quantitative estimate of drug-likeness (QED) is 0.882. The first kappa shape index (κ1) is 15.1. The standard InChI is InChI=1S/C18H18N2O3/c1-12-3-7-14(8-4-12)23-15-9-5-13(6-10-15)19-16-11-17(21)20(2)18(16)22/h3-10,16,19H,11H2,1-2H3/t16-/m1/s1. The number of carbonyl (C=O) groups excluding carboxylic acids is 2. The van der Waals surface area contributed by atoms with E-state index in [1.54, 1.807) is 0 Å². The zero-order chi connectivity index (χ0) is 16.4. The van der Waals surface area contributed by atoms with Crippen LogP contribution in [0.5, 0.6) is 11.5 Å². The number of aryl methyl sites for hydroxylation is 1. The first-order valence-corrected chi connectivity index (χ1v) is 7.44. The summed E-state index contributed by atoms with van der Waals surface area (Å²) in [5.41, 5.74) is 1.96. The van der Waals surface area contributed by atoms with Crippen LogP contribution in [0.25, 0.3) is 0 Å². The molecule has 1 N–H and O–H groups in total. The van der Waals surface area contributed by atoms with Gasteiger partial charge < -0.3 is 10.1 Å². The topological polar surface area (TPSA) is 58.6 Å². The molecule has 0 radical (unpaired) electrons. The molecule has 0 saturated carbocycles. The van der Waals surface area contributed by atoms with Gasteiger partial charge in [0, 0.05) is 12.7 Å². The summed E-state index contributed by atoms with van der Waals surface area (Å²) in [6.45, 7) is 2.02. The van der Waals surface area contributed by atoms with Gasteiger partial charge in [-0.1, -0.05) is 17.7 Å². The average molecular weight is 310 g/mol. The van der Waals surface area contributed by atoms with E-state index in [0.717, 1.165) is 16.3 Å². The summed E-state index contributed by atoms with van der Waals surface area (Å²) in [5, 5.41) is 3.08. The van der Waals surface area contributed by atoms with Crippen LogP contribution in [-0.2, 0) is 9.59 Å². The minimum absolute atomic E-state index is 0.160. The van der Waals surface area contributed by atoms with Gasteiger partial charge in [-0.3, -0.25) is 14.5 Å². The number of hydrogen-bond acceptors (Lipinski definition) is 4. The number of benzene rings is 2. The van der Waals surface area contributed by atoms with E-state index in [0.29, 0.717) is 5.75 Å². The molecule has 1 aliphatic heterocycles. The van der Waals surface area contributed by atoms with E-state index in [1.165, 1.54) is 12.6 Å². The average Bonchev–Trinajstić information content (AvgIpc) is 2.79. The van der Waals surface area contributed by atoms with Gasteiger partial charge in [0.15, 0.2) is 0 Å². The summed E-state index contributed by atoms with van der Waals surface area (Å²) in [5.74, 6) is 1.13. The third-order valence-electron chi connectivity index (χ3n) is 3.83. The van der Waals surface area contributed by atoms with Crippen molar-refractivity contribution in [2.45, 2.75) is 19.4 Å². The van der Waals surface area contributed by atoms with Crippen LogP contribution in [0.1, 0.15) is 12.0 Å². The predicted octanol–water partition coefficient (Wildman–Crippen LogP) is 2.96. The molecule has 1 fully saturated rings. The molecule has 5 heteroatoms. The van der Waals surface area contributed by atoms with Crippen LogP contribution in [0.3, 0.4) is 0 Å². The van der Waals surface area contributed by atoms with Gasteiger partial charge in [0.1, 0.15) is 17.5 Å². The van der Waals surface area contributed by atoms with E-state index < -0.39 is 6.04 Å². The van der Waals surface area contributed by atoms with E-state index >= 15 is 0 Å². The van der Waals surface area contributed by atoms with Crippen LogP contribution in [-0.4, -0.2) is 29.8 Å². The second-order valence-electron chi connectivity index (χ2n) is 5.63. The Morgan fingerprint density at radius 3 is 2.09 bits per heavy atom. The molecule has 2 amide bonds. The van der Waals surface area contributed by atoms with E-state index in [-0.39, 0.29) is 18.2 Å². The zero-order valence-corrected chi connectivity index (χ0v) is 13.1. The Hall–Kier alpha value is -2.82. The fraction of sp³-hybridized carbons (Fsp3) is 0.222. The number of nitrogens with one attached hydrogen (secondary N) is 1. The van der Waals surface area contributed by atoms with E-state index in [9.17, 15) is 9.59 Å². The molecule has 2 aromatic rings. The van der Waals surface area contributed by atoms with Crippen molar-refractivity contribution in [1.82, 2.24) is 4.90 Å². The summed E-state index contributed by atoms with van der Waals surface area (Å²) in [7, 11) is 1.50. The number of likely N-dealkylation sites (N-methyl/N-ethyl adjacent to an activating group) is 1. The first-order chi connectivity index (χ1) is 11.0. The molecule has 1 heterocycles.